The number of nitriles is 1. The molecule has 0 N–H and O–H groups in total. The Bertz CT molecular complexity index is 1280. The molecule has 1 fully saturated rings. The number of amides is 1. The molecule has 0 unspecified atom stereocenters. The van der Waals surface area contributed by atoms with Gasteiger partial charge in [-0.3, -0.25) is 4.79 Å². The normalized spacial score (nSPS) is 15.0. The summed E-state index contributed by atoms with van der Waals surface area (Å²) in [5, 5.41) is 9.22. The second kappa shape index (κ2) is 9.49. The molecule has 0 atom stereocenters. The number of piperazine rings is 1. The third kappa shape index (κ3) is 4.65. The first-order chi connectivity index (χ1) is 15.5. The maximum atomic E-state index is 12.9. The Morgan fingerprint density at radius 1 is 0.938 bits per heavy atom. The molecule has 0 spiro atoms. The van der Waals surface area contributed by atoms with Crippen LogP contribution >= 0.6 is 11.3 Å². The summed E-state index contributed by atoms with van der Waals surface area (Å²) in [6.07, 6.45) is 3.33. The average molecular weight is 464 g/mol. The number of carbonyl (C=O) groups excluding carboxylic acids is 1. The van der Waals surface area contributed by atoms with Crippen LogP contribution in [0, 0.1) is 11.3 Å². The van der Waals surface area contributed by atoms with E-state index in [-0.39, 0.29) is 29.5 Å². The van der Waals surface area contributed by atoms with Crippen molar-refractivity contribution in [3.63, 3.8) is 0 Å². The molecule has 0 bridgehead atoms. The van der Waals surface area contributed by atoms with Crippen LogP contribution in [0.5, 0.6) is 0 Å². The van der Waals surface area contributed by atoms with Gasteiger partial charge in [0.2, 0.25) is 15.9 Å². The van der Waals surface area contributed by atoms with Crippen molar-refractivity contribution < 1.29 is 13.2 Å². The van der Waals surface area contributed by atoms with Crippen molar-refractivity contribution in [1.29, 1.82) is 5.26 Å². The smallest absolute Gasteiger partial charge is 0.246 e. The Morgan fingerprint density at radius 2 is 1.62 bits per heavy atom. The van der Waals surface area contributed by atoms with Crippen molar-refractivity contribution in [3.8, 4) is 16.5 Å². The SMILES string of the molecule is N#Cc1ccccc1S(=O)(=O)N1CCN(C(=O)/C=C/c2ccc(-c3ccccc3)s2)CC1. The molecule has 6 nitrogen and oxygen atoms in total. The second-order valence-corrected chi connectivity index (χ2v) is 10.3. The zero-order chi connectivity index (χ0) is 22.6. The summed E-state index contributed by atoms with van der Waals surface area (Å²) in [5.74, 6) is -0.144. The highest BCUT2D eigenvalue weighted by molar-refractivity contribution is 7.89. The van der Waals surface area contributed by atoms with Gasteiger partial charge in [-0.15, -0.1) is 11.3 Å². The molecule has 3 aromatic rings. The molecule has 2 aromatic carbocycles. The van der Waals surface area contributed by atoms with Gasteiger partial charge in [-0.05, 0) is 35.9 Å². The van der Waals surface area contributed by atoms with Crippen LogP contribution in [-0.4, -0.2) is 49.7 Å². The van der Waals surface area contributed by atoms with E-state index in [4.69, 9.17) is 0 Å². The molecular weight excluding hydrogens is 442 g/mol. The van der Waals surface area contributed by atoms with Crippen molar-refractivity contribution in [2.24, 2.45) is 0 Å². The van der Waals surface area contributed by atoms with E-state index in [0.717, 1.165) is 15.3 Å². The number of rotatable bonds is 5. The van der Waals surface area contributed by atoms with Gasteiger partial charge in [0.1, 0.15) is 6.07 Å². The van der Waals surface area contributed by atoms with Crippen LogP contribution in [0.25, 0.3) is 16.5 Å². The maximum absolute atomic E-state index is 12.9. The number of benzene rings is 2. The van der Waals surface area contributed by atoms with E-state index in [1.807, 2.05) is 48.5 Å². The highest BCUT2D eigenvalue weighted by Crippen LogP contribution is 2.28. The third-order valence-corrected chi connectivity index (χ3v) is 8.31. The maximum Gasteiger partial charge on any atom is 0.246 e. The number of hydrogen-bond donors (Lipinski definition) is 0. The zero-order valence-electron chi connectivity index (χ0n) is 17.2. The van der Waals surface area contributed by atoms with E-state index in [1.165, 1.54) is 22.5 Å². The Kier molecular flexibility index (Phi) is 6.51. The minimum absolute atomic E-state index is 0.00841. The van der Waals surface area contributed by atoms with Gasteiger partial charge in [-0.1, -0.05) is 42.5 Å². The highest BCUT2D eigenvalue weighted by atomic mass is 32.2. The Morgan fingerprint density at radius 3 is 2.34 bits per heavy atom. The Hall–Kier alpha value is -3.25. The molecule has 2 heterocycles. The van der Waals surface area contributed by atoms with Crippen LogP contribution in [0.3, 0.4) is 0 Å². The molecule has 8 heteroatoms. The van der Waals surface area contributed by atoms with Crippen LogP contribution in [0.1, 0.15) is 10.4 Å². The van der Waals surface area contributed by atoms with Crippen molar-refractivity contribution in [3.05, 3.63) is 83.2 Å². The number of thiophene rings is 1. The Labute approximate surface area is 191 Å². The Balaban J connectivity index is 1.38. The van der Waals surface area contributed by atoms with Crippen LogP contribution in [0.4, 0.5) is 0 Å². The summed E-state index contributed by atoms with van der Waals surface area (Å²) in [6.45, 7) is 0.991. The van der Waals surface area contributed by atoms with Crippen LogP contribution in [0.2, 0.25) is 0 Å². The average Bonchev–Trinajstić information content (AvgIpc) is 3.32. The second-order valence-electron chi connectivity index (χ2n) is 7.24. The van der Waals surface area contributed by atoms with Crippen LogP contribution < -0.4 is 0 Å². The summed E-state index contributed by atoms with van der Waals surface area (Å²) in [4.78, 5) is 16.4. The fourth-order valence-corrected chi connectivity index (χ4v) is 6.01. The lowest BCUT2D eigenvalue weighted by atomic mass is 10.2. The summed E-state index contributed by atoms with van der Waals surface area (Å²) >= 11 is 1.61. The van der Waals surface area contributed by atoms with E-state index in [9.17, 15) is 18.5 Å². The van der Waals surface area contributed by atoms with Gasteiger partial charge >= 0.3 is 0 Å². The number of nitrogens with zero attached hydrogens (tertiary/aromatic N) is 3. The lowest BCUT2D eigenvalue weighted by molar-refractivity contribution is -0.127. The van der Waals surface area contributed by atoms with Gasteiger partial charge in [0.05, 0.1) is 10.5 Å². The van der Waals surface area contributed by atoms with E-state index < -0.39 is 10.0 Å². The first-order valence-electron chi connectivity index (χ1n) is 10.1. The first kappa shape index (κ1) is 22.0. The van der Waals surface area contributed by atoms with Crippen molar-refractivity contribution in [2.75, 3.05) is 26.2 Å². The third-order valence-electron chi connectivity index (χ3n) is 5.25. The topological polar surface area (TPSA) is 81.5 Å². The predicted molar refractivity (Wildman–Crippen MR) is 125 cm³/mol. The van der Waals surface area contributed by atoms with Gasteiger partial charge in [0, 0.05) is 42.0 Å². The fourth-order valence-electron chi connectivity index (χ4n) is 3.53. The van der Waals surface area contributed by atoms with Crippen LogP contribution in [-0.2, 0) is 14.8 Å². The molecule has 32 heavy (non-hydrogen) atoms. The molecule has 0 saturated carbocycles. The van der Waals surface area contributed by atoms with E-state index in [2.05, 4.69) is 0 Å². The molecule has 4 rings (SSSR count). The molecule has 1 aliphatic rings. The standard InChI is InChI=1S/C24H21N3O3S2/c25-18-20-8-4-5-9-23(20)32(29,30)27-16-14-26(15-17-27)24(28)13-11-21-10-12-22(31-21)19-6-2-1-3-7-19/h1-13H,14-17H2/b13-11+. The predicted octanol–water partition coefficient (Wildman–Crippen LogP) is 3.83. The molecule has 1 amide bonds. The summed E-state index contributed by atoms with van der Waals surface area (Å²) in [5.41, 5.74) is 1.26. The summed E-state index contributed by atoms with van der Waals surface area (Å²) < 4.78 is 27.2. The highest BCUT2D eigenvalue weighted by Gasteiger charge is 2.31. The number of sulfonamides is 1. The largest absolute Gasteiger partial charge is 0.337 e. The molecule has 0 radical (unpaired) electrons. The lowest BCUT2D eigenvalue weighted by Gasteiger charge is -2.33. The molecule has 1 aromatic heterocycles. The van der Waals surface area contributed by atoms with E-state index in [1.54, 1.807) is 34.4 Å². The fraction of sp³-hybridized carbons (Fsp3) is 0.167. The van der Waals surface area contributed by atoms with E-state index >= 15 is 0 Å². The minimum atomic E-state index is -3.78. The molecule has 1 aliphatic heterocycles. The summed E-state index contributed by atoms with van der Waals surface area (Å²) in [6, 6.07) is 22.2. The van der Waals surface area contributed by atoms with Gasteiger partial charge < -0.3 is 4.90 Å². The quantitative estimate of drug-likeness (QED) is 0.539. The van der Waals surface area contributed by atoms with Crippen LogP contribution in [0.15, 0.2) is 77.7 Å². The minimum Gasteiger partial charge on any atom is -0.337 e. The molecule has 162 valence electrons. The first-order valence-corrected chi connectivity index (χ1v) is 12.4. The van der Waals surface area contributed by atoms with E-state index in [0.29, 0.717) is 13.1 Å². The molecule has 1 saturated heterocycles. The van der Waals surface area contributed by atoms with Crippen molar-refractivity contribution in [2.45, 2.75) is 4.90 Å². The lowest BCUT2D eigenvalue weighted by Crippen LogP contribution is -2.50. The van der Waals surface area contributed by atoms with Crippen molar-refractivity contribution >= 4 is 33.3 Å². The van der Waals surface area contributed by atoms with Crippen molar-refractivity contribution in [1.82, 2.24) is 9.21 Å². The van der Waals surface area contributed by atoms with Gasteiger partial charge in [0.15, 0.2) is 0 Å². The monoisotopic (exact) mass is 463 g/mol. The zero-order valence-corrected chi connectivity index (χ0v) is 18.8. The molecule has 0 aliphatic carbocycles. The number of carbonyl (C=O) groups is 1. The van der Waals surface area contributed by atoms with Gasteiger partial charge in [-0.25, -0.2) is 8.42 Å². The molecular formula is C24H21N3O3S2. The van der Waals surface area contributed by atoms with Gasteiger partial charge in [-0.2, -0.15) is 9.57 Å². The summed E-state index contributed by atoms with van der Waals surface area (Å²) in [7, 11) is -3.78. The van der Waals surface area contributed by atoms with Gasteiger partial charge in [0.25, 0.3) is 0 Å². The number of hydrogen-bond acceptors (Lipinski definition) is 5.